The molecule has 0 aliphatic heterocycles. The largest absolute Gasteiger partial charge is 0.355 e. The number of carbonyl (C=O) groups excluding carboxylic acids is 1. The number of thioether (sulfide) groups is 1. The Bertz CT molecular complexity index is 916. The molecule has 1 amide bonds. The summed E-state index contributed by atoms with van der Waals surface area (Å²) in [5.74, 6) is 0.0379. The number of anilines is 2. The summed E-state index contributed by atoms with van der Waals surface area (Å²) in [6.45, 7) is 0.536. The molecule has 1 heterocycles. The molecular weight excluding hydrogens is 363 g/mol. The maximum absolute atomic E-state index is 13.0. The minimum atomic E-state index is -0.300. The maximum atomic E-state index is 13.0. The first kappa shape index (κ1) is 18.8. The molecule has 0 bridgehead atoms. The van der Waals surface area contributed by atoms with Gasteiger partial charge in [-0.15, -0.1) is 11.8 Å². The van der Waals surface area contributed by atoms with Crippen molar-refractivity contribution in [3.05, 3.63) is 78.0 Å². The lowest BCUT2D eigenvalue weighted by Gasteiger charge is -2.18. The van der Waals surface area contributed by atoms with Gasteiger partial charge in [0.05, 0.1) is 0 Å². The van der Waals surface area contributed by atoms with Crippen LogP contribution in [0.4, 0.5) is 15.9 Å². The van der Waals surface area contributed by atoms with E-state index in [0.717, 1.165) is 10.5 Å². The predicted molar refractivity (Wildman–Crippen MR) is 107 cm³/mol. The van der Waals surface area contributed by atoms with Crippen LogP contribution < -0.4 is 10.2 Å². The molecule has 0 aliphatic carbocycles. The van der Waals surface area contributed by atoms with Crippen LogP contribution >= 0.6 is 11.8 Å². The number of amides is 1. The zero-order valence-corrected chi connectivity index (χ0v) is 15.8. The molecule has 0 saturated carbocycles. The van der Waals surface area contributed by atoms with Crippen LogP contribution in [0.1, 0.15) is 16.1 Å². The number of aromatic nitrogens is 2. The third-order valence-electron chi connectivity index (χ3n) is 3.96. The minimum absolute atomic E-state index is 0.270. The van der Waals surface area contributed by atoms with E-state index in [9.17, 15) is 9.18 Å². The Balaban J connectivity index is 1.69. The van der Waals surface area contributed by atoms with Gasteiger partial charge in [-0.3, -0.25) is 4.79 Å². The van der Waals surface area contributed by atoms with E-state index in [2.05, 4.69) is 15.3 Å². The molecule has 2 aromatic carbocycles. The molecule has 3 rings (SSSR count). The van der Waals surface area contributed by atoms with Crippen molar-refractivity contribution in [3.63, 3.8) is 0 Å². The minimum Gasteiger partial charge on any atom is -0.355 e. The normalized spacial score (nSPS) is 10.5. The van der Waals surface area contributed by atoms with E-state index >= 15 is 0 Å². The number of nitrogens with zero attached hydrogens (tertiary/aromatic N) is 3. The molecular formula is C20H19FN4OS. The van der Waals surface area contributed by atoms with E-state index in [-0.39, 0.29) is 17.4 Å². The SMILES string of the molecule is CSc1ccc(NC(=O)c2cc(N(C)Cc3ccc(F)cc3)ncn2)cc1. The quantitative estimate of drug-likeness (QED) is 0.647. The van der Waals surface area contributed by atoms with Gasteiger partial charge in [0.2, 0.25) is 0 Å². The molecule has 0 unspecified atom stereocenters. The standard InChI is InChI=1S/C20H19FN4OS/c1-25(12-14-3-5-15(21)6-4-14)19-11-18(22-13-23-19)20(26)24-16-7-9-17(27-2)10-8-16/h3-11,13H,12H2,1-2H3,(H,24,26). The molecule has 0 atom stereocenters. The van der Waals surface area contributed by atoms with Crippen molar-refractivity contribution < 1.29 is 9.18 Å². The molecule has 7 heteroatoms. The highest BCUT2D eigenvalue weighted by molar-refractivity contribution is 7.98. The molecule has 0 spiro atoms. The van der Waals surface area contributed by atoms with Gasteiger partial charge < -0.3 is 10.2 Å². The summed E-state index contributed by atoms with van der Waals surface area (Å²) in [7, 11) is 1.86. The van der Waals surface area contributed by atoms with Gasteiger partial charge in [-0.05, 0) is 48.2 Å². The second kappa shape index (κ2) is 8.64. The maximum Gasteiger partial charge on any atom is 0.274 e. The molecule has 0 saturated heterocycles. The van der Waals surface area contributed by atoms with Gasteiger partial charge in [-0.25, -0.2) is 14.4 Å². The van der Waals surface area contributed by atoms with Gasteiger partial charge >= 0.3 is 0 Å². The van der Waals surface area contributed by atoms with E-state index in [1.165, 1.54) is 18.5 Å². The van der Waals surface area contributed by atoms with Gasteiger partial charge in [0.1, 0.15) is 23.7 Å². The van der Waals surface area contributed by atoms with Gasteiger partial charge in [0, 0.05) is 30.2 Å². The highest BCUT2D eigenvalue weighted by atomic mass is 32.2. The van der Waals surface area contributed by atoms with E-state index in [0.29, 0.717) is 18.1 Å². The molecule has 5 nitrogen and oxygen atoms in total. The summed E-state index contributed by atoms with van der Waals surface area (Å²) < 4.78 is 13.0. The van der Waals surface area contributed by atoms with Gasteiger partial charge in [0.25, 0.3) is 5.91 Å². The summed E-state index contributed by atoms with van der Waals surface area (Å²) >= 11 is 1.64. The van der Waals surface area contributed by atoms with Crippen molar-refractivity contribution in [3.8, 4) is 0 Å². The monoisotopic (exact) mass is 382 g/mol. The second-order valence-corrected chi connectivity index (χ2v) is 6.81. The van der Waals surface area contributed by atoms with Crippen molar-refractivity contribution in [2.24, 2.45) is 0 Å². The average Bonchev–Trinajstić information content (AvgIpc) is 2.70. The summed E-state index contributed by atoms with van der Waals surface area (Å²) in [6.07, 6.45) is 3.36. The number of carbonyl (C=O) groups is 1. The van der Waals surface area contributed by atoms with E-state index < -0.39 is 0 Å². The number of hydrogen-bond acceptors (Lipinski definition) is 5. The Labute approximate surface area is 161 Å². The molecule has 1 aromatic heterocycles. The molecule has 0 fully saturated rings. The van der Waals surface area contributed by atoms with Crippen LogP contribution in [0.5, 0.6) is 0 Å². The Kier molecular flexibility index (Phi) is 6.03. The molecule has 3 aromatic rings. The Morgan fingerprint density at radius 1 is 1.11 bits per heavy atom. The van der Waals surface area contributed by atoms with E-state index in [1.54, 1.807) is 30.0 Å². The van der Waals surface area contributed by atoms with E-state index in [4.69, 9.17) is 0 Å². The highest BCUT2D eigenvalue weighted by Gasteiger charge is 2.12. The lowest BCUT2D eigenvalue weighted by Crippen LogP contribution is -2.20. The number of halogens is 1. The van der Waals surface area contributed by atoms with Gasteiger partial charge in [-0.2, -0.15) is 0 Å². The molecule has 0 aliphatic rings. The Morgan fingerprint density at radius 3 is 2.48 bits per heavy atom. The van der Waals surface area contributed by atoms with Gasteiger partial charge in [0.15, 0.2) is 0 Å². The van der Waals surface area contributed by atoms with Gasteiger partial charge in [-0.1, -0.05) is 12.1 Å². The first-order chi connectivity index (χ1) is 13.0. The average molecular weight is 382 g/mol. The zero-order valence-electron chi connectivity index (χ0n) is 15.0. The third-order valence-corrected chi connectivity index (χ3v) is 4.70. The molecule has 1 N–H and O–H groups in total. The lowest BCUT2D eigenvalue weighted by atomic mass is 10.2. The van der Waals surface area contributed by atoms with E-state index in [1.807, 2.05) is 42.5 Å². The lowest BCUT2D eigenvalue weighted by molar-refractivity contribution is 0.102. The summed E-state index contributed by atoms with van der Waals surface area (Å²) in [5.41, 5.74) is 1.93. The van der Waals surface area contributed by atoms with Crippen LogP contribution in [-0.2, 0) is 6.54 Å². The molecule has 0 radical (unpaired) electrons. The molecule has 27 heavy (non-hydrogen) atoms. The fourth-order valence-electron chi connectivity index (χ4n) is 2.49. The summed E-state index contributed by atoms with van der Waals surface area (Å²) in [4.78, 5) is 23.8. The fraction of sp³-hybridized carbons (Fsp3) is 0.150. The van der Waals surface area contributed by atoms with Crippen LogP contribution in [0.2, 0.25) is 0 Å². The van der Waals surface area contributed by atoms with Crippen LogP contribution in [0.15, 0.2) is 65.8 Å². The number of hydrogen-bond donors (Lipinski definition) is 1. The highest BCUT2D eigenvalue weighted by Crippen LogP contribution is 2.18. The zero-order chi connectivity index (χ0) is 19.2. The fourth-order valence-corrected chi connectivity index (χ4v) is 2.90. The van der Waals surface area contributed by atoms with Crippen molar-refractivity contribution in [2.75, 3.05) is 23.5 Å². The summed E-state index contributed by atoms with van der Waals surface area (Å²) in [5, 5.41) is 2.83. The summed E-state index contributed by atoms with van der Waals surface area (Å²) in [6, 6.07) is 15.5. The smallest absolute Gasteiger partial charge is 0.274 e. The van der Waals surface area contributed by atoms with Crippen LogP contribution in [0.3, 0.4) is 0 Å². The Morgan fingerprint density at radius 2 is 1.81 bits per heavy atom. The molecule has 138 valence electrons. The van der Waals surface area contributed by atoms with Crippen LogP contribution in [0, 0.1) is 5.82 Å². The third kappa shape index (κ3) is 5.04. The second-order valence-electron chi connectivity index (χ2n) is 5.93. The Hall–Kier alpha value is -2.93. The number of benzene rings is 2. The first-order valence-corrected chi connectivity index (χ1v) is 9.50. The topological polar surface area (TPSA) is 58.1 Å². The predicted octanol–water partition coefficient (Wildman–Crippen LogP) is 4.23. The number of rotatable bonds is 6. The van der Waals surface area contributed by atoms with Crippen LogP contribution in [0.25, 0.3) is 0 Å². The first-order valence-electron chi connectivity index (χ1n) is 8.28. The van der Waals surface area contributed by atoms with Crippen LogP contribution in [-0.4, -0.2) is 29.2 Å². The number of nitrogens with one attached hydrogen (secondary N) is 1. The van der Waals surface area contributed by atoms with Crippen molar-refractivity contribution in [1.29, 1.82) is 0 Å². The van der Waals surface area contributed by atoms with Crippen molar-refractivity contribution >= 4 is 29.2 Å². The van der Waals surface area contributed by atoms with Crippen molar-refractivity contribution in [1.82, 2.24) is 9.97 Å². The van der Waals surface area contributed by atoms with Crippen molar-refractivity contribution in [2.45, 2.75) is 11.4 Å².